The lowest BCUT2D eigenvalue weighted by atomic mass is 10.0. The van der Waals surface area contributed by atoms with Gasteiger partial charge >= 0.3 is 0 Å². The quantitative estimate of drug-likeness (QED) is 0.835. The molecule has 1 aromatic rings. The Morgan fingerprint density at radius 3 is 2.62 bits per heavy atom. The average molecular weight is 218 g/mol. The predicted molar refractivity (Wildman–Crippen MR) is 65.6 cm³/mol. The Labute approximate surface area is 96.5 Å². The number of aryl methyl sites for hydroxylation is 1. The number of nitrogens with zero attached hydrogens (tertiary/aromatic N) is 1. The molecule has 1 saturated heterocycles. The number of carbonyl (C=O) groups is 1. The number of amides is 1. The van der Waals surface area contributed by atoms with Crippen LogP contribution in [0.2, 0.25) is 0 Å². The van der Waals surface area contributed by atoms with E-state index in [2.05, 4.69) is 5.32 Å². The fourth-order valence-electron chi connectivity index (χ4n) is 1.99. The van der Waals surface area contributed by atoms with Gasteiger partial charge in [-0.3, -0.25) is 4.79 Å². The Hall–Kier alpha value is -1.35. The SMILES string of the molecule is CCN(C(=O)C1CNC1)c1ccccc1C. The first-order valence-corrected chi connectivity index (χ1v) is 5.81. The van der Waals surface area contributed by atoms with Crippen molar-refractivity contribution in [2.45, 2.75) is 13.8 Å². The molecule has 2 rings (SSSR count). The van der Waals surface area contributed by atoms with E-state index >= 15 is 0 Å². The molecule has 0 radical (unpaired) electrons. The van der Waals surface area contributed by atoms with Crippen molar-refractivity contribution < 1.29 is 4.79 Å². The maximum absolute atomic E-state index is 12.2. The van der Waals surface area contributed by atoms with Crippen LogP contribution in [0.3, 0.4) is 0 Å². The second-order valence-corrected chi connectivity index (χ2v) is 4.22. The molecule has 0 atom stereocenters. The molecule has 1 amide bonds. The van der Waals surface area contributed by atoms with Crippen LogP contribution in [0, 0.1) is 12.8 Å². The Morgan fingerprint density at radius 2 is 2.12 bits per heavy atom. The molecular formula is C13H18N2O. The van der Waals surface area contributed by atoms with Crippen molar-refractivity contribution in [3.8, 4) is 0 Å². The third kappa shape index (κ3) is 1.95. The average Bonchev–Trinajstić information content (AvgIpc) is 2.19. The van der Waals surface area contributed by atoms with Crippen LogP contribution in [0.25, 0.3) is 0 Å². The van der Waals surface area contributed by atoms with Gasteiger partial charge in [0.05, 0.1) is 5.92 Å². The standard InChI is InChI=1S/C13H18N2O/c1-3-15(13(16)11-8-14-9-11)12-7-5-4-6-10(12)2/h4-7,11,14H,3,8-9H2,1-2H3. The summed E-state index contributed by atoms with van der Waals surface area (Å²) in [4.78, 5) is 14.1. The minimum Gasteiger partial charge on any atom is -0.315 e. The second-order valence-electron chi connectivity index (χ2n) is 4.22. The molecule has 86 valence electrons. The second kappa shape index (κ2) is 4.66. The van der Waals surface area contributed by atoms with Crippen LogP contribution in [0.15, 0.2) is 24.3 Å². The number of nitrogens with one attached hydrogen (secondary N) is 1. The van der Waals surface area contributed by atoms with Crippen LogP contribution in [-0.2, 0) is 4.79 Å². The maximum atomic E-state index is 12.2. The molecule has 0 bridgehead atoms. The van der Waals surface area contributed by atoms with Crippen LogP contribution in [-0.4, -0.2) is 25.5 Å². The first-order valence-electron chi connectivity index (χ1n) is 5.81. The normalized spacial score (nSPS) is 15.6. The maximum Gasteiger partial charge on any atom is 0.232 e. The molecule has 1 aliphatic rings. The lowest BCUT2D eigenvalue weighted by Crippen LogP contribution is -2.52. The van der Waals surface area contributed by atoms with Crippen molar-refractivity contribution in [1.82, 2.24) is 5.32 Å². The molecule has 0 aliphatic carbocycles. The molecule has 0 aromatic heterocycles. The number of benzene rings is 1. The molecular weight excluding hydrogens is 200 g/mol. The van der Waals surface area contributed by atoms with E-state index in [1.54, 1.807) is 0 Å². The van der Waals surface area contributed by atoms with E-state index < -0.39 is 0 Å². The van der Waals surface area contributed by atoms with Gasteiger partial charge in [-0.2, -0.15) is 0 Å². The summed E-state index contributed by atoms with van der Waals surface area (Å²) in [5, 5.41) is 3.14. The Bertz CT molecular complexity index is 385. The summed E-state index contributed by atoms with van der Waals surface area (Å²) < 4.78 is 0. The van der Waals surface area contributed by atoms with E-state index in [0.29, 0.717) is 0 Å². The van der Waals surface area contributed by atoms with Crippen molar-refractivity contribution in [3.63, 3.8) is 0 Å². The van der Waals surface area contributed by atoms with Gasteiger partial charge in [-0.15, -0.1) is 0 Å². The van der Waals surface area contributed by atoms with E-state index in [0.717, 1.165) is 30.9 Å². The molecule has 1 aromatic carbocycles. The van der Waals surface area contributed by atoms with E-state index in [-0.39, 0.29) is 11.8 Å². The Balaban J connectivity index is 2.21. The van der Waals surface area contributed by atoms with Gasteiger partial charge in [0.1, 0.15) is 0 Å². The number of hydrogen-bond donors (Lipinski definition) is 1. The van der Waals surface area contributed by atoms with Crippen LogP contribution < -0.4 is 10.2 Å². The van der Waals surface area contributed by atoms with Gasteiger partial charge in [0, 0.05) is 25.3 Å². The smallest absolute Gasteiger partial charge is 0.232 e. The van der Waals surface area contributed by atoms with Gasteiger partial charge in [0.2, 0.25) is 5.91 Å². The third-order valence-electron chi connectivity index (χ3n) is 3.12. The Morgan fingerprint density at radius 1 is 1.44 bits per heavy atom. The van der Waals surface area contributed by atoms with Gasteiger partial charge < -0.3 is 10.2 Å². The van der Waals surface area contributed by atoms with Crippen molar-refractivity contribution in [3.05, 3.63) is 29.8 Å². The van der Waals surface area contributed by atoms with Gasteiger partial charge in [0.15, 0.2) is 0 Å². The zero-order chi connectivity index (χ0) is 11.5. The topological polar surface area (TPSA) is 32.3 Å². The molecule has 3 heteroatoms. The van der Waals surface area contributed by atoms with Crippen LogP contribution >= 0.6 is 0 Å². The molecule has 1 fully saturated rings. The molecule has 3 nitrogen and oxygen atoms in total. The summed E-state index contributed by atoms with van der Waals surface area (Å²) in [5.74, 6) is 0.412. The summed E-state index contributed by atoms with van der Waals surface area (Å²) in [6.45, 7) is 6.45. The zero-order valence-corrected chi connectivity index (χ0v) is 9.86. The molecule has 0 spiro atoms. The monoisotopic (exact) mass is 218 g/mol. The molecule has 1 N–H and O–H groups in total. The largest absolute Gasteiger partial charge is 0.315 e. The predicted octanol–water partition coefficient (Wildman–Crippen LogP) is 1.57. The Kier molecular flexibility index (Phi) is 3.25. The summed E-state index contributed by atoms with van der Waals surface area (Å²) in [5.41, 5.74) is 2.20. The van der Waals surface area contributed by atoms with Crippen molar-refractivity contribution in [1.29, 1.82) is 0 Å². The first kappa shape index (κ1) is 11.1. The number of carbonyl (C=O) groups excluding carboxylic acids is 1. The van der Waals surface area contributed by atoms with Gasteiger partial charge in [-0.05, 0) is 25.5 Å². The minimum absolute atomic E-state index is 0.166. The van der Waals surface area contributed by atoms with Crippen LogP contribution in [0.4, 0.5) is 5.69 Å². The zero-order valence-electron chi connectivity index (χ0n) is 9.86. The third-order valence-corrected chi connectivity index (χ3v) is 3.12. The molecule has 0 saturated carbocycles. The highest BCUT2D eigenvalue weighted by atomic mass is 16.2. The van der Waals surface area contributed by atoms with E-state index in [1.165, 1.54) is 0 Å². The number of anilines is 1. The number of hydrogen-bond acceptors (Lipinski definition) is 2. The fraction of sp³-hybridized carbons (Fsp3) is 0.462. The van der Waals surface area contributed by atoms with E-state index in [4.69, 9.17) is 0 Å². The summed E-state index contributed by atoms with van der Waals surface area (Å²) in [7, 11) is 0. The van der Waals surface area contributed by atoms with Gasteiger partial charge in [-0.1, -0.05) is 18.2 Å². The number of para-hydroxylation sites is 1. The van der Waals surface area contributed by atoms with Gasteiger partial charge in [0.25, 0.3) is 0 Å². The van der Waals surface area contributed by atoms with Crippen molar-refractivity contribution in [2.75, 3.05) is 24.5 Å². The summed E-state index contributed by atoms with van der Waals surface area (Å²) in [6, 6.07) is 8.05. The van der Waals surface area contributed by atoms with E-state index in [9.17, 15) is 4.79 Å². The lowest BCUT2D eigenvalue weighted by molar-refractivity contribution is -0.123. The van der Waals surface area contributed by atoms with Crippen molar-refractivity contribution >= 4 is 11.6 Å². The minimum atomic E-state index is 0.166. The van der Waals surface area contributed by atoms with E-state index in [1.807, 2.05) is 43.0 Å². The summed E-state index contributed by atoms with van der Waals surface area (Å²) >= 11 is 0. The molecule has 16 heavy (non-hydrogen) atoms. The molecule has 0 unspecified atom stereocenters. The fourth-order valence-corrected chi connectivity index (χ4v) is 1.99. The number of rotatable bonds is 3. The highest BCUT2D eigenvalue weighted by Gasteiger charge is 2.29. The van der Waals surface area contributed by atoms with Gasteiger partial charge in [-0.25, -0.2) is 0 Å². The highest BCUT2D eigenvalue weighted by Crippen LogP contribution is 2.22. The van der Waals surface area contributed by atoms with Crippen LogP contribution in [0.5, 0.6) is 0 Å². The van der Waals surface area contributed by atoms with Crippen molar-refractivity contribution in [2.24, 2.45) is 5.92 Å². The summed E-state index contributed by atoms with van der Waals surface area (Å²) in [6.07, 6.45) is 0. The first-order chi connectivity index (χ1) is 7.74. The molecule has 1 heterocycles. The molecule has 1 aliphatic heterocycles. The van der Waals surface area contributed by atoms with Crippen LogP contribution in [0.1, 0.15) is 12.5 Å². The lowest BCUT2D eigenvalue weighted by Gasteiger charge is -2.32. The highest BCUT2D eigenvalue weighted by molar-refractivity contribution is 5.96.